The van der Waals surface area contributed by atoms with Crippen molar-refractivity contribution in [3.63, 3.8) is 0 Å². The average molecular weight is 474 g/mol. The normalized spacial score (nSPS) is 16.0. The Labute approximate surface area is 192 Å². The molecule has 1 saturated heterocycles. The fourth-order valence-corrected chi connectivity index (χ4v) is 3.76. The first-order valence-corrected chi connectivity index (χ1v) is 10.4. The number of aliphatic hydroxyl groups is 1. The van der Waals surface area contributed by atoms with Gasteiger partial charge in [0.1, 0.15) is 17.1 Å². The van der Waals surface area contributed by atoms with Crippen molar-refractivity contribution < 1.29 is 37.7 Å². The van der Waals surface area contributed by atoms with Crippen molar-refractivity contribution >= 4 is 22.8 Å². The van der Waals surface area contributed by atoms with Crippen LogP contribution in [0.3, 0.4) is 0 Å². The molecule has 1 aliphatic heterocycles. The molecule has 3 aromatic carbocycles. The topological polar surface area (TPSA) is 99.1 Å². The molecule has 7 nitrogen and oxygen atoms in total. The first-order valence-electron chi connectivity index (χ1n) is 10.4. The molecule has 34 heavy (non-hydrogen) atoms. The second kappa shape index (κ2) is 8.53. The quantitative estimate of drug-likeness (QED) is 0.506. The largest absolute Gasteiger partial charge is 0.465 e. The van der Waals surface area contributed by atoms with Gasteiger partial charge in [0.05, 0.1) is 24.7 Å². The predicted octanol–water partition coefficient (Wildman–Crippen LogP) is 4.49. The Bertz CT molecular complexity index is 1240. The van der Waals surface area contributed by atoms with E-state index in [-0.39, 0.29) is 18.8 Å². The third-order valence-electron chi connectivity index (χ3n) is 5.87. The van der Waals surface area contributed by atoms with Gasteiger partial charge < -0.3 is 25.2 Å². The van der Waals surface area contributed by atoms with E-state index in [9.17, 15) is 27.9 Å². The highest BCUT2D eigenvalue weighted by molar-refractivity contribution is 6.00. The summed E-state index contributed by atoms with van der Waals surface area (Å²) in [6.45, 7) is 1.42. The molecule has 0 aliphatic carbocycles. The standard InChI is InChI=1S/C24H21F3N2O5/c1-14(23(33)12-29(13-23)22(31)32)28-21(30)16-5-10-19-15(11-16)3-2-4-20(19)34-18-8-6-17(7-9-18)24(25,26)27/h2-11,14,33H,12-13H2,1H3,(H,28,30)(H,31,32). The molecular weight excluding hydrogens is 453 g/mol. The Morgan fingerprint density at radius 3 is 2.38 bits per heavy atom. The van der Waals surface area contributed by atoms with Crippen LogP contribution in [0, 0.1) is 0 Å². The lowest BCUT2D eigenvalue weighted by molar-refractivity contribution is -0.137. The van der Waals surface area contributed by atoms with Crippen LogP contribution in [-0.2, 0) is 6.18 Å². The van der Waals surface area contributed by atoms with E-state index in [4.69, 9.17) is 9.84 Å². The molecule has 4 rings (SSSR count). The van der Waals surface area contributed by atoms with Crippen molar-refractivity contribution in [2.45, 2.75) is 24.7 Å². The number of β-amino-alcohol motifs (C(OH)–C–C–N with tert-alkyl or cyclic N) is 1. The van der Waals surface area contributed by atoms with Gasteiger partial charge in [-0.05, 0) is 60.8 Å². The van der Waals surface area contributed by atoms with E-state index in [1.807, 2.05) is 0 Å². The minimum absolute atomic E-state index is 0.0911. The number of likely N-dealkylation sites (tertiary alicyclic amines) is 1. The number of carboxylic acid groups (broad SMARTS) is 1. The van der Waals surface area contributed by atoms with Gasteiger partial charge in [0.15, 0.2) is 0 Å². The molecule has 3 aromatic rings. The number of carbonyl (C=O) groups excluding carboxylic acids is 1. The number of fused-ring (bicyclic) bond motifs is 1. The van der Waals surface area contributed by atoms with Crippen LogP contribution in [0.15, 0.2) is 60.7 Å². The van der Waals surface area contributed by atoms with Crippen molar-refractivity contribution in [2.24, 2.45) is 0 Å². The number of carbonyl (C=O) groups is 2. The van der Waals surface area contributed by atoms with E-state index < -0.39 is 35.4 Å². The summed E-state index contributed by atoms with van der Waals surface area (Å²) in [6, 6.07) is 13.7. The van der Waals surface area contributed by atoms with Gasteiger partial charge in [-0.15, -0.1) is 0 Å². The van der Waals surface area contributed by atoms with Crippen molar-refractivity contribution in [2.75, 3.05) is 13.1 Å². The lowest BCUT2D eigenvalue weighted by atomic mass is 9.87. The third kappa shape index (κ3) is 4.62. The lowest BCUT2D eigenvalue weighted by Gasteiger charge is -2.48. The van der Waals surface area contributed by atoms with Crippen molar-refractivity contribution in [3.05, 3.63) is 71.8 Å². The van der Waals surface area contributed by atoms with Crippen LogP contribution >= 0.6 is 0 Å². The maximum atomic E-state index is 12.8. The molecule has 0 bridgehead atoms. The molecule has 0 radical (unpaired) electrons. The van der Waals surface area contributed by atoms with Crippen molar-refractivity contribution in [1.82, 2.24) is 10.2 Å². The summed E-state index contributed by atoms with van der Waals surface area (Å²) in [5.74, 6) is 0.209. The number of halogens is 3. The number of hydrogen-bond acceptors (Lipinski definition) is 4. The smallest absolute Gasteiger partial charge is 0.416 e. The summed E-state index contributed by atoms with van der Waals surface area (Å²) >= 11 is 0. The van der Waals surface area contributed by atoms with Crippen LogP contribution in [0.4, 0.5) is 18.0 Å². The summed E-state index contributed by atoms with van der Waals surface area (Å²) in [5, 5.41) is 23.5. The summed E-state index contributed by atoms with van der Waals surface area (Å²) < 4.78 is 44.1. The van der Waals surface area contributed by atoms with E-state index in [1.54, 1.807) is 43.3 Å². The number of nitrogens with zero attached hydrogens (tertiary/aromatic N) is 1. The Morgan fingerprint density at radius 1 is 1.09 bits per heavy atom. The van der Waals surface area contributed by atoms with Crippen LogP contribution in [-0.4, -0.2) is 51.8 Å². The van der Waals surface area contributed by atoms with Crippen LogP contribution < -0.4 is 10.1 Å². The number of ether oxygens (including phenoxy) is 1. The van der Waals surface area contributed by atoms with E-state index in [0.29, 0.717) is 22.1 Å². The highest BCUT2D eigenvalue weighted by Crippen LogP contribution is 2.34. The summed E-state index contributed by atoms with van der Waals surface area (Å²) in [5.41, 5.74) is -1.79. The Kier molecular flexibility index (Phi) is 5.86. The molecule has 0 aromatic heterocycles. The molecule has 0 saturated carbocycles. The molecule has 1 unspecified atom stereocenters. The van der Waals surface area contributed by atoms with E-state index in [0.717, 1.165) is 17.0 Å². The number of rotatable bonds is 5. The van der Waals surface area contributed by atoms with E-state index in [2.05, 4.69) is 5.32 Å². The summed E-state index contributed by atoms with van der Waals surface area (Å²) in [6.07, 6.45) is -5.57. The minimum Gasteiger partial charge on any atom is -0.465 e. The van der Waals surface area contributed by atoms with Crippen LogP contribution in [0.2, 0.25) is 0 Å². The van der Waals surface area contributed by atoms with Crippen LogP contribution in [0.25, 0.3) is 10.8 Å². The van der Waals surface area contributed by atoms with Gasteiger partial charge >= 0.3 is 12.3 Å². The van der Waals surface area contributed by atoms with Gasteiger partial charge in [-0.1, -0.05) is 12.1 Å². The second-order valence-corrected chi connectivity index (χ2v) is 8.25. The number of benzene rings is 3. The van der Waals surface area contributed by atoms with Gasteiger partial charge in [-0.2, -0.15) is 13.2 Å². The van der Waals surface area contributed by atoms with Crippen LogP contribution in [0.5, 0.6) is 11.5 Å². The molecule has 2 amide bonds. The molecular formula is C24H21F3N2O5. The van der Waals surface area contributed by atoms with Crippen LogP contribution in [0.1, 0.15) is 22.8 Å². The number of nitrogens with one attached hydrogen (secondary N) is 1. The minimum atomic E-state index is -4.43. The van der Waals surface area contributed by atoms with Crippen molar-refractivity contribution in [1.29, 1.82) is 0 Å². The van der Waals surface area contributed by atoms with Gasteiger partial charge in [0, 0.05) is 10.9 Å². The fraction of sp³-hybridized carbons (Fsp3) is 0.250. The van der Waals surface area contributed by atoms with Gasteiger partial charge in [0.2, 0.25) is 0 Å². The van der Waals surface area contributed by atoms with Gasteiger partial charge in [-0.3, -0.25) is 4.79 Å². The molecule has 178 valence electrons. The Hall–Kier alpha value is -3.79. The fourth-order valence-electron chi connectivity index (χ4n) is 3.76. The summed E-state index contributed by atoms with van der Waals surface area (Å²) in [7, 11) is 0. The zero-order valence-corrected chi connectivity index (χ0v) is 18.0. The molecule has 1 atom stereocenters. The summed E-state index contributed by atoms with van der Waals surface area (Å²) in [4.78, 5) is 24.7. The molecule has 1 aliphatic rings. The number of hydrogen-bond donors (Lipinski definition) is 3. The number of alkyl halides is 3. The number of amides is 2. The zero-order chi connectivity index (χ0) is 24.7. The highest BCUT2D eigenvalue weighted by Gasteiger charge is 2.48. The van der Waals surface area contributed by atoms with Gasteiger partial charge in [0.25, 0.3) is 5.91 Å². The molecule has 1 fully saturated rings. The van der Waals surface area contributed by atoms with E-state index >= 15 is 0 Å². The Balaban J connectivity index is 1.48. The monoisotopic (exact) mass is 474 g/mol. The van der Waals surface area contributed by atoms with E-state index in [1.165, 1.54) is 12.1 Å². The predicted molar refractivity (Wildman–Crippen MR) is 117 cm³/mol. The van der Waals surface area contributed by atoms with Gasteiger partial charge in [-0.25, -0.2) is 4.79 Å². The molecule has 0 spiro atoms. The second-order valence-electron chi connectivity index (χ2n) is 8.25. The maximum absolute atomic E-state index is 12.8. The van der Waals surface area contributed by atoms with Crippen molar-refractivity contribution in [3.8, 4) is 11.5 Å². The SMILES string of the molecule is CC(NC(=O)c1ccc2c(Oc3ccc(C(F)(F)F)cc3)cccc2c1)C1(O)CN(C(=O)O)C1. The zero-order valence-electron chi connectivity index (χ0n) is 18.0. The lowest BCUT2D eigenvalue weighted by Crippen LogP contribution is -2.71. The first-order chi connectivity index (χ1) is 16.0. The molecule has 10 heteroatoms. The first kappa shape index (κ1) is 23.4. The average Bonchev–Trinajstić information content (AvgIpc) is 2.76. The third-order valence-corrected chi connectivity index (χ3v) is 5.87. The molecule has 3 N–H and O–H groups in total. The Morgan fingerprint density at radius 2 is 1.76 bits per heavy atom. The maximum Gasteiger partial charge on any atom is 0.416 e. The highest BCUT2D eigenvalue weighted by atomic mass is 19.4. The molecule has 1 heterocycles.